The maximum atomic E-state index is 6.41. The first kappa shape index (κ1) is 13.4. The van der Waals surface area contributed by atoms with E-state index < -0.39 is 0 Å². The molecule has 0 saturated carbocycles. The molecular formula is C15H23NO2. The fourth-order valence-corrected chi connectivity index (χ4v) is 2.43. The van der Waals surface area contributed by atoms with Gasteiger partial charge in [0.2, 0.25) is 0 Å². The van der Waals surface area contributed by atoms with Crippen molar-refractivity contribution in [3.8, 4) is 5.75 Å². The first-order valence-corrected chi connectivity index (χ1v) is 6.88. The predicted molar refractivity (Wildman–Crippen MR) is 72.7 cm³/mol. The standard InChI is InChI=1S/C15H23NO2/c1-2-9-18-14-6-4-3-5-13(14)15(16)12-7-10-17-11-8-12/h3-6,12,15H,2,7-11,16H2,1H3. The van der Waals surface area contributed by atoms with Crippen molar-refractivity contribution in [2.45, 2.75) is 32.2 Å². The zero-order chi connectivity index (χ0) is 12.8. The van der Waals surface area contributed by atoms with Crippen LogP contribution in [0, 0.1) is 5.92 Å². The Morgan fingerprint density at radius 3 is 2.78 bits per heavy atom. The van der Waals surface area contributed by atoms with E-state index in [1.807, 2.05) is 18.2 Å². The second kappa shape index (κ2) is 6.76. The van der Waals surface area contributed by atoms with Crippen molar-refractivity contribution >= 4 is 0 Å². The molecule has 3 nitrogen and oxygen atoms in total. The van der Waals surface area contributed by atoms with Gasteiger partial charge < -0.3 is 15.2 Å². The van der Waals surface area contributed by atoms with E-state index in [0.717, 1.165) is 50.4 Å². The zero-order valence-corrected chi connectivity index (χ0v) is 11.1. The van der Waals surface area contributed by atoms with E-state index in [1.165, 1.54) is 0 Å². The van der Waals surface area contributed by atoms with Gasteiger partial charge in [0.05, 0.1) is 6.61 Å². The third kappa shape index (κ3) is 3.24. The first-order valence-electron chi connectivity index (χ1n) is 6.88. The Bertz CT molecular complexity index is 361. The van der Waals surface area contributed by atoms with E-state index in [2.05, 4.69) is 13.0 Å². The molecule has 1 aromatic rings. The normalized spacial score (nSPS) is 18.6. The summed E-state index contributed by atoms with van der Waals surface area (Å²) in [6.07, 6.45) is 3.10. The fraction of sp³-hybridized carbons (Fsp3) is 0.600. The van der Waals surface area contributed by atoms with Crippen LogP contribution in [0.3, 0.4) is 0 Å². The minimum Gasteiger partial charge on any atom is -0.493 e. The average Bonchev–Trinajstić information content (AvgIpc) is 2.45. The molecule has 0 amide bonds. The van der Waals surface area contributed by atoms with Crippen LogP contribution in [-0.4, -0.2) is 19.8 Å². The van der Waals surface area contributed by atoms with E-state index in [1.54, 1.807) is 0 Å². The summed E-state index contributed by atoms with van der Waals surface area (Å²) in [4.78, 5) is 0. The number of benzene rings is 1. The van der Waals surface area contributed by atoms with E-state index in [9.17, 15) is 0 Å². The molecule has 18 heavy (non-hydrogen) atoms. The molecule has 0 radical (unpaired) electrons. The molecule has 1 atom stereocenters. The first-order chi connectivity index (χ1) is 8.83. The summed E-state index contributed by atoms with van der Waals surface area (Å²) in [5.41, 5.74) is 7.54. The minimum atomic E-state index is 0.0574. The maximum absolute atomic E-state index is 6.41. The molecule has 1 unspecified atom stereocenters. The Balaban J connectivity index is 2.10. The van der Waals surface area contributed by atoms with Gasteiger partial charge in [-0.15, -0.1) is 0 Å². The van der Waals surface area contributed by atoms with Gasteiger partial charge in [0.1, 0.15) is 5.75 Å². The van der Waals surface area contributed by atoms with Crippen LogP contribution in [0.2, 0.25) is 0 Å². The molecule has 1 aromatic carbocycles. The second-order valence-electron chi connectivity index (χ2n) is 4.86. The van der Waals surface area contributed by atoms with Crippen LogP contribution in [0.25, 0.3) is 0 Å². The van der Waals surface area contributed by atoms with Gasteiger partial charge >= 0.3 is 0 Å². The molecule has 1 saturated heterocycles. The summed E-state index contributed by atoms with van der Waals surface area (Å²) < 4.78 is 11.2. The quantitative estimate of drug-likeness (QED) is 0.872. The van der Waals surface area contributed by atoms with Crippen LogP contribution in [0.4, 0.5) is 0 Å². The summed E-state index contributed by atoms with van der Waals surface area (Å²) in [5.74, 6) is 1.45. The Hall–Kier alpha value is -1.06. The van der Waals surface area contributed by atoms with Crippen LogP contribution in [0.5, 0.6) is 5.75 Å². The lowest BCUT2D eigenvalue weighted by Gasteiger charge is -2.28. The molecule has 0 bridgehead atoms. The SMILES string of the molecule is CCCOc1ccccc1C(N)C1CCOCC1. The summed E-state index contributed by atoms with van der Waals surface area (Å²) in [7, 11) is 0. The van der Waals surface area contributed by atoms with E-state index >= 15 is 0 Å². The van der Waals surface area contributed by atoms with Gasteiger partial charge in [-0.05, 0) is 31.2 Å². The number of nitrogens with two attached hydrogens (primary N) is 1. The highest BCUT2D eigenvalue weighted by atomic mass is 16.5. The van der Waals surface area contributed by atoms with Gasteiger partial charge in [-0.3, -0.25) is 0 Å². The van der Waals surface area contributed by atoms with Crippen LogP contribution in [0.15, 0.2) is 24.3 Å². The summed E-state index contributed by atoms with van der Waals surface area (Å²) in [6.45, 7) is 4.52. The van der Waals surface area contributed by atoms with Crippen LogP contribution in [0.1, 0.15) is 37.8 Å². The number of para-hydroxylation sites is 1. The van der Waals surface area contributed by atoms with Gasteiger partial charge in [-0.25, -0.2) is 0 Å². The predicted octanol–water partition coefficient (Wildman–Crippen LogP) is 2.90. The lowest BCUT2D eigenvalue weighted by Crippen LogP contribution is -2.27. The van der Waals surface area contributed by atoms with Crippen molar-refractivity contribution in [1.29, 1.82) is 0 Å². The lowest BCUT2D eigenvalue weighted by atomic mass is 9.87. The lowest BCUT2D eigenvalue weighted by molar-refractivity contribution is 0.0580. The van der Waals surface area contributed by atoms with Crippen molar-refractivity contribution < 1.29 is 9.47 Å². The molecule has 3 heteroatoms. The summed E-state index contributed by atoms with van der Waals surface area (Å²) >= 11 is 0. The van der Waals surface area contributed by atoms with E-state index in [0.29, 0.717) is 5.92 Å². The maximum Gasteiger partial charge on any atom is 0.124 e. The number of ether oxygens (including phenoxy) is 2. The van der Waals surface area contributed by atoms with Gasteiger partial charge in [0.15, 0.2) is 0 Å². The Labute approximate surface area is 109 Å². The highest BCUT2D eigenvalue weighted by Crippen LogP contribution is 2.33. The van der Waals surface area contributed by atoms with Gasteiger partial charge in [0.25, 0.3) is 0 Å². The molecule has 0 aliphatic carbocycles. The number of rotatable bonds is 5. The average molecular weight is 249 g/mol. The molecule has 0 spiro atoms. The zero-order valence-electron chi connectivity index (χ0n) is 11.1. The third-order valence-electron chi connectivity index (χ3n) is 3.51. The van der Waals surface area contributed by atoms with Crippen molar-refractivity contribution in [2.24, 2.45) is 11.7 Å². The highest BCUT2D eigenvalue weighted by Gasteiger charge is 2.24. The Morgan fingerprint density at radius 1 is 1.33 bits per heavy atom. The van der Waals surface area contributed by atoms with Crippen LogP contribution < -0.4 is 10.5 Å². The fourth-order valence-electron chi connectivity index (χ4n) is 2.43. The molecule has 1 fully saturated rings. The molecule has 2 rings (SSSR count). The third-order valence-corrected chi connectivity index (χ3v) is 3.51. The molecule has 1 aliphatic rings. The Morgan fingerprint density at radius 2 is 2.06 bits per heavy atom. The monoisotopic (exact) mass is 249 g/mol. The largest absolute Gasteiger partial charge is 0.493 e. The van der Waals surface area contributed by atoms with Crippen LogP contribution in [-0.2, 0) is 4.74 Å². The molecule has 1 aliphatic heterocycles. The number of hydrogen-bond donors (Lipinski definition) is 1. The Kier molecular flexibility index (Phi) is 5.02. The second-order valence-corrected chi connectivity index (χ2v) is 4.86. The van der Waals surface area contributed by atoms with E-state index in [-0.39, 0.29) is 6.04 Å². The van der Waals surface area contributed by atoms with Gasteiger partial charge in [-0.2, -0.15) is 0 Å². The smallest absolute Gasteiger partial charge is 0.124 e. The summed E-state index contributed by atoms with van der Waals surface area (Å²) in [6, 6.07) is 8.20. The number of hydrogen-bond acceptors (Lipinski definition) is 3. The van der Waals surface area contributed by atoms with E-state index in [4.69, 9.17) is 15.2 Å². The van der Waals surface area contributed by atoms with Crippen molar-refractivity contribution in [2.75, 3.05) is 19.8 Å². The van der Waals surface area contributed by atoms with Gasteiger partial charge in [0, 0.05) is 24.8 Å². The molecule has 1 heterocycles. The summed E-state index contributed by atoms with van der Waals surface area (Å²) in [5, 5.41) is 0. The minimum absolute atomic E-state index is 0.0574. The van der Waals surface area contributed by atoms with Gasteiger partial charge in [-0.1, -0.05) is 25.1 Å². The van der Waals surface area contributed by atoms with Crippen molar-refractivity contribution in [3.63, 3.8) is 0 Å². The van der Waals surface area contributed by atoms with Crippen LogP contribution >= 0.6 is 0 Å². The molecular weight excluding hydrogens is 226 g/mol. The highest BCUT2D eigenvalue weighted by molar-refractivity contribution is 5.36. The molecule has 0 aromatic heterocycles. The van der Waals surface area contributed by atoms with Crippen molar-refractivity contribution in [3.05, 3.63) is 29.8 Å². The topological polar surface area (TPSA) is 44.5 Å². The molecule has 2 N–H and O–H groups in total. The van der Waals surface area contributed by atoms with Crippen molar-refractivity contribution in [1.82, 2.24) is 0 Å². The molecule has 100 valence electrons.